The quantitative estimate of drug-likeness (QED) is 0.443. The third kappa shape index (κ3) is 2.50. The number of hydrogen-bond acceptors (Lipinski definition) is 0. The van der Waals surface area contributed by atoms with Crippen LogP contribution in [0.1, 0.15) is 32.1 Å². The first-order valence-electron chi connectivity index (χ1n) is 3.45. The Bertz CT molecular complexity index is 65.0. The van der Waals surface area contributed by atoms with E-state index in [2.05, 4.69) is 0 Å². The zero-order valence-electron chi connectivity index (χ0n) is 4.69. The zero-order valence-corrected chi connectivity index (χ0v) is 4.69. The van der Waals surface area contributed by atoms with Crippen molar-refractivity contribution in [3.05, 3.63) is 0 Å². The van der Waals surface area contributed by atoms with Gasteiger partial charge in [-0.2, -0.15) is 0 Å². The predicted molar refractivity (Wildman–Crippen MR) is 44.4 cm³/mol. The van der Waals surface area contributed by atoms with Crippen molar-refractivity contribution in [3.63, 3.8) is 0 Å². The fourth-order valence-corrected chi connectivity index (χ4v) is 2.17. The SMILES string of the molecule is C1CC2CCC1C2.[NaH].[NaH]. The second-order valence-corrected chi connectivity index (χ2v) is 3.12. The summed E-state index contributed by atoms with van der Waals surface area (Å²) in [6.45, 7) is 0. The van der Waals surface area contributed by atoms with Crippen molar-refractivity contribution in [3.8, 4) is 0 Å². The van der Waals surface area contributed by atoms with E-state index in [-0.39, 0.29) is 59.1 Å². The minimum absolute atomic E-state index is 0. The van der Waals surface area contributed by atoms with Crippen LogP contribution in [0.4, 0.5) is 0 Å². The summed E-state index contributed by atoms with van der Waals surface area (Å²) in [6.07, 6.45) is 7.82. The Balaban J connectivity index is 0.000000320. The van der Waals surface area contributed by atoms with Crippen LogP contribution in [0.25, 0.3) is 0 Å². The number of hydrogen-bond donors (Lipinski definition) is 0. The average Bonchev–Trinajstić information content (AvgIpc) is 2.22. The third-order valence-corrected chi connectivity index (χ3v) is 2.63. The number of rotatable bonds is 0. The van der Waals surface area contributed by atoms with E-state index >= 15 is 0 Å². The number of fused-ring (bicyclic) bond motifs is 2. The molecule has 0 heterocycles. The fraction of sp³-hybridized carbons (Fsp3) is 1.00. The van der Waals surface area contributed by atoms with Crippen molar-refractivity contribution >= 4 is 59.1 Å². The van der Waals surface area contributed by atoms with E-state index in [4.69, 9.17) is 0 Å². The molecule has 2 bridgehead atoms. The van der Waals surface area contributed by atoms with Crippen molar-refractivity contribution in [1.82, 2.24) is 0 Å². The summed E-state index contributed by atoms with van der Waals surface area (Å²) in [7, 11) is 0. The molecule has 2 fully saturated rings. The molecule has 0 aromatic rings. The summed E-state index contributed by atoms with van der Waals surface area (Å²) in [5, 5.41) is 0. The molecule has 2 saturated carbocycles. The third-order valence-electron chi connectivity index (χ3n) is 2.63. The van der Waals surface area contributed by atoms with Gasteiger partial charge < -0.3 is 0 Å². The summed E-state index contributed by atoms with van der Waals surface area (Å²) < 4.78 is 0. The van der Waals surface area contributed by atoms with Crippen LogP contribution in [0, 0.1) is 11.8 Å². The van der Waals surface area contributed by atoms with Gasteiger partial charge in [-0.25, -0.2) is 0 Å². The van der Waals surface area contributed by atoms with Crippen LogP contribution in [0.3, 0.4) is 0 Å². The molecule has 0 radical (unpaired) electrons. The van der Waals surface area contributed by atoms with Crippen molar-refractivity contribution in [2.24, 2.45) is 11.8 Å². The van der Waals surface area contributed by atoms with Gasteiger partial charge in [0.15, 0.2) is 0 Å². The zero-order chi connectivity index (χ0) is 4.69. The molecule has 0 saturated heterocycles. The van der Waals surface area contributed by atoms with Crippen LogP contribution in [-0.2, 0) is 0 Å². The van der Waals surface area contributed by atoms with E-state index < -0.39 is 0 Å². The maximum absolute atomic E-state index is 1.58. The topological polar surface area (TPSA) is 0 Å². The molecule has 0 aromatic heterocycles. The summed E-state index contributed by atoms with van der Waals surface area (Å²) in [6, 6.07) is 0. The van der Waals surface area contributed by atoms with Gasteiger partial charge >= 0.3 is 59.1 Å². The van der Waals surface area contributed by atoms with Crippen LogP contribution in [0.5, 0.6) is 0 Å². The van der Waals surface area contributed by atoms with E-state index in [1.165, 1.54) is 11.8 Å². The molecule has 0 nitrogen and oxygen atoms in total. The average molecular weight is 144 g/mol. The molecule has 44 valence electrons. The van der Waals surface area contributed by atoms with E-state index in [0.717, 1.165) is 0 Å². The molecule has 0 atom stereocenters. The monoisotopic (exact) mass is 144 g/mol. The van der Waals surface area contributed by atoms with Gasteiger partial charge in [0.2, 0.25) is 0 Å². The molecule has 2 heteroatoms. The molecule has 0 aliphatic heterocycles. The van der Waals surface area contributed by atoms with Crippen molar-refractivity contribution in [2.45, 2.75) is 32.1 Å². The molecule has 0 spiro atoms. The van der Waals surface area contributed by atoms with Gasteiger partial charge in [-0.3, -0.25) is 0 Å². The van der Waals surface area contributed by atoms with Crippen LogP contribution >= 0.6 is 0 Å². The van der Waals surface area contributed by atoms with Crippen molar-refractivity contribution < 1.29 is 0 Å². The first-order valence-corrected chi connectivity index (χ1v) is 3.45. The van der Waals surface area contributed by atoms with E-state index in [1.807, 2.05) is 0 Å². The Hall–Kier alpha value is 2.00. The second-order valence-electron chi connectivity index (χ2n) is 3.12. The van der Waals surface area contributed by atoms with Crippen LogP contribution in [0.15, 0.2) is 0 Å². The van der Waals surface area contributed by atoms with E-state index in [9.17, 15) is 0 Å². The van der Waals surface area contributed by atoms with Crippen LogP contribution in [0.2, 0.25) is 0 Å². The standard InChI is InChI=1S/C7H12.2Na.2H/c1-2-7-4-3-6(1)5-7;;;;/h6-7H,1-5H2;;;;. The molecule has 2 rings (SSSR count). The Morgan fingerprint density at radius 2 is 1.00 bits per heavy atom. The Labute approximate surface area is 102 Å². The predicted octanol–water partition coefficient (Wildman–Crippen LogP) is 0.899. The van der Waals surface area contributed by atoms with Gasteiger partial charge in [0.25, 0.3) is 0 Å². The van der Waals surface area contributed by atoms with Crippen molar-refractivity contribution in [1.29, 1.82) is 0 Å². The van der Waals surface area contributed by atoms with E-state index in [1.54, 1.807) is 32.1 Å². The van der Waals surface area contributed by atoms with Gasteiger partial charge in [-0.15, -0.1) is 0 Å². The Kier molecular flexibility index (Phi) is 5.86. The molecule has 0 aromatic carbocycles. The molecule has 0 unspecified atom stereocenters. The minimum atomic E-state index is 0. The summed E-state index contributed by atoms with van der Waals surface area (Å²) >= 11 is 0. The summed E-state index contributed by atoms with van der Waals surface area (Å²) in [5.74, 6) is 2.34. The summed E-state index contributed by atoms with van der Waals surface area (Å²) in [4.78, 5) is 0. The normalized spacial score (nSPS) is 37.3. The Morgan fingerprint density at radius 1 is 0.667 bits per heavy atom. The van der Waals surface area contributed by atoms with Gasteiger partial charge in [0.05, 0.1) is 0 Å². The van der Waals surface area contributed by atoms with Gasteiger partial charge in [0.1, 0.15) is 0 Å². The van der Waals surface area contributed by atoms with Crippen LogP contribution in [-0.4, -0.2) is 59.1 Å². The van der Waals surface area contributed by atoms with Crippen LogP contribution < -0.4 is 0 Å². The van der Waals surface area contributed by atoms with E-state index in [0.29, 0.717) is 0 Å². The first kappa shape index (κ1) is 11.0. The Morgan fingerprint density at radius 3 is 1.11 bits per heavy atom. The van der Waals surface area contributed by atoms with Gasteiger partial charge in [-0.05, 0) is 18.3 Å². The van der Waals surface area contributed by atoms with Gasteiger partial charge in [-0.1, -0.05) is 25.7 Å². The van der Waals surface area contributed by atoms with Crippen molar-refractivity contribution in [2.75, 3.05) is 0 Å². The maximum atomic E-state index is 1.58. The molecule has 0 N–H and O–H groups in total. The second kappa shape index (κ2) is 4.79. The molecular formula is C7H14Na2. The molecule has 0 amide bonds. The molecule has 2 aliphatic carbocycles. The van der Waals surface area contributed by atoms with Gasteiger partial charge in [0, 0.05) is 0 Å². The molecular weight excluding hydrogens is 130 g/mol. The summed E-state index contributed by atoms with van der Waals surface area (Å²) in [5.41, 5.74) is 0. The fourth-order valence-electron chi connectivity index (χ4n) is 2.17. The molecule has 9 heavy (non-hydrogen) atoms. The molecule has 2 aliphatic rings. The first-order chi connectivity index (χ1) is 3.45.